The van der Waals surface area contributed by atoms with Crippen molar-refractivity contribution >= 4 is 11.6 Å². The molecule has 0 saturated heterocycles. The first-order valence-corrected chi connectivity index (χ1v) is 5.24. The fourth-order valence-electron chi connectivity index (χ4n) is 1.22. The van der Waals surface area contributed by atoms with Crippen molar-refractivity contribution in [2.24, 2.45) is 0 Å². The maximum absolute atomic E-state index is 5.99. The highest BCUT2D eigenvalue weighted by molar-refractivity contribution is 6.31. The minimum atomic E-state index is 0.530. The Morgan fingerprint density at radius 1 is 1.47 bits per heavy atom. The van der Waals surface area contributed by atoms with Gasteiger partial charge < -0.3 is 10.1 Å². The summed E-state index contributed by atoms with van der Waals surface area (Å²) in [7, 11) is 1.89. The van der Waals surface area contributed by atoms with Crippen LogP contribution in [0.5, 0.6) is 0 Å². The van der Waals surface area contributed by atoms with E-state index in [1.54, 1.807) is 0 Å². The number of hydrogen-bond donors (Lipinski definition) is 1. The van der Waals surface area contributed by atoms with Gasteiger partial charge in [-0.25, -0.2) is 0 Å². The predicted octanol–water partition coefficient (Wildman–Crippen LogP) is 2.63. The third-order valence-electron chi connectivity index (χ3n) is 1.95. The predicted molar refractivity (Wildman–Crippen MR) is 64.2 cm³/mol. The van der Waals surface area contributed by atoms with E-state index in [0.717, 1.165) is 22.7 Å². The Hall–Kier alpha value is -0.830. The van der Waals surface area contributed by atoms with Crippen LogP contribution in [0.3, 0.4) is 0 Å². The fourth-order valence-corrected chi connectivity index (χ4v) is 1.41. The lowest BCUT2D eigenvalue weighted by atomic mass is 10.2. The smallest absolute Gasteiger partial charge is 0.0735 e. The first-order valence-electron chi connectivity index (χ1n) is 4.86. The van der Waals surface area contributed by atoms with Crippen molar-refractivity contribution in [1.29, 1.82) is 0 Å². The van der Waals surface area contributed by atoms with Crippen LogP contribution in [0.4, 0.5) is 0 Å². The molecule has 2 nitrogen and oxygen atoms in total. The average Bonchev–Trinajstić information content (AvgIpc) is 2.21. The van der Waals surface area contributed by atoms with Crippen LogP contribution in [0.1, 0.15) is 5.56 Å². The maximum atomic E-state index is 5.99. The zero-order valence-corrected chi connectivity index (χ0v) is 9.68. The third-order valence-corrected chi connectivity index (χ3v) is 2.32. The van der Waals surface area contributed by atoms with Crippen molar-refractivity contribution < 1.29 is 4.74 Å². The van der Waals surface area contributed by atoms with Crippen molar-refractivity contribution in [3.8, 4) is 0 Å². The van der Waals surface area contributed by atoms with Crippen molar-refractivity contribution in [3.05, 3.63) is 47.0 Å². The van der Waals surface area contributed by atoms with E-state index in [2.05, 4.69) is 11.9 Å². The van der Waals surface area contributed by atoms with E-state index >= 15 is 0 Å². The van der Waals surface area contributed by atoms with Crippen molar-refractivity contribution in [3.63, 3.8) is 0 Å². The van der Waals surface area contributed by atoms with Crippen LogP contribution in [0, 0.1) is 0 Å². The van der Waals surface area contributed by atoms with Gasteiger partial charge in [0, 0.05) is 11.6 Å². The van der Waals surface area contributed by atoms with Gasteiger partial charge in [0.2, 0.25) is 0 Å². The summed E-state index contributed by atoms with van der Waals surface area (Å²) in [6.45, 7) is 5.75. The van der Waals surface area contributed by atoms with Crippen LogP contribution in [-0.2, 0) is 11.3 Å². The number of ether oxygens (including phenoxy) is 1. The molecule has 15 heavy (non-hydrogen) atoms. The molecule has 0 aliphatic carbocycles. The van der Waals surface area contributed by atoms with Crippen molar-refractivity contribution in [2.45, 2.75) is 6.61 Å². The second kappa shape index (κ2) is 6.62. The quantitative estimate of drug-likeness (QED) is 0.752. The lowest BCUT2D eigenvalue weighted by Gasteiger charge is -2.07. The highest BCUT2D eigenvalue weighted by atomic mass is 35.5. The van der Waals surface area contributed by atoms with Crippen LogP contribution in [0.25, 0.3) is 0 Å². The monoisotopic (exact) mass is 225 g/mol. The highest BCUT2D eigenvalue weighted by Crippen LogP contribution is 2.15. The lowest BCUT2D eigenvalue weighted by molar-refractivity contribution is 0.141. The molecule has 1 aromatic rings. The molecule has 3 heteroatoms. The van der Waals surface area contributed by atoms with Gasteiger partial charge in [0.1, 0.15) is 0 Å². The summed E-state index contributed by atoms with van der Waals surface area (Å²) < 4.78 is 5.49. The van der Waals surface area contributed by atoms with Crippen LogP contribution in [0.15, 0.2) is 36.4 Å². The summed E-state index contributed by atoms with van der Waals surface area (Å²) in [5.41, 5.74) is 2.04. The summed E-state index contributed by atoms with van der Waals surface area (Å²) in [5.74, 6) is 0. The minimum absolute atomic E-state index is 0.530. The fraction of sp³-hybridized carbons (Fsp3) is 0.333. The molecular formula is C12H16ClNO. The van der Waals surface area contributed by atoms with Gasteiger partial charge in [0.05, 0.1) is 13.2 Å². The van der Waals surface area contributed by atoms with Crippen molar-refractivity contribution in [2.75, 3.05) is 20.2 Å². The number of halogens is 1. The third kappa shape index (κ3) is 4.47. The van der Waals surface area contributed by atoms with Gasteiger partial charge in [0.25, 0.3) is 0 Å². The first-order chi connectivity index (χ1) is 7.24. The molecule has 0 saturated carbocycles. The Morgan fingerprint density at radius 3 is 2.87 bits per heavy atom. The average molecular weight is 226 g/mol. The SMILES string of the molecule is C=C(CNC)COCc1ccccc1Cl. The zero-order chi connectivity index (χ0) is 11.1. The normalized spacial score (nSPS) is 10.3. The molecule has 0 aliphatic heterocycles. The Bertz CT molecular complexity index is 325. The second-order valence-corrected chi connectivity index (χ2v) is 3.77. The van der Waals surface area contributed by atoms with Crippen molar-refractivity contribution in [1.82, 2.24) is 5.32 Å². The molecule has 0 radical (unpaired) electrons. The van der Waals surface area contributed by atoms with Crippen LogP contribution >= 0.6 is 11.6 Å². The highest BCUT2D eigenvalue weighted by Gasteiger charge is 1.99. The number of hydrogen-bond acceptors (Lipinski definition) is 2. The molecule has 0 aromatic heterocycles. The van der Waals surface area contributed by atoms with Gasteiger partial charge in [-0.2, -0.15) is 0 Å². The molecule has 1 rings (SSSR count). The van der Waals surface area contributed by atoms with E-state index in [9.17, 15) is 0 Å². The standard InChI is InChI=1S/C12H16ClNO/c1-10(7-14-2)8-15-9-11-5-3-4-6-12(11)13/h3-6,14H,1,7-9H2,2H3. The Labute approximate surface area is 95.9 Å². The van der Waals surface area contributed by atoms with E-state index in [-0.39, 0.29) is 0 Å². The number of benzene rings is 1. The van der Waals surface area contributed by atoms with Gasteiger partial charge in [-0.15, -0.1) is 0 Å². The van der Waals surface area contributed by atoms with E-state index in [1.165, 1.54) is 0 Å². The Balaban J connectivity index is 2.32. The minimum Gasteiger partial charge on any atom is -0.372 e. The molecule has 0 fully saturated rings. The summed E-state index contributed by atoms with van der Waals surface area (Å²) in [6.07, 6.45) is 0. The number of rotatable bonds is 6. The molecular weight excluding hydrogens is 210 g/mol. The number of nitrogens with one attached hydrogen (secondary N) is 1. The van der Waals surface area contributed by atoms with Crippen LogP contribution in [0.2, 0.25) is 5.02 Å². The Kier molecular flexibility index (Phi) is 5.40. The van der Waals surface area contributed by atoms with Gasteiger partial charge >= 0.3 is 0 Å². The topological polar surface area (TPSA) is 21.3 Å². The van der Waals surface area contributed by atoms with Gasteiger partial charge in [0.15, 0.2) is 0 Å². The molecule has 0 bridgehead atoms. The molecule has 82 valence electrons. The summed E-state index contributed by atoms with van der Waals surface area (Å²) in [5, 5.41) is 3.77. The van der Waals surface area contributed by atoms with Gasteiger partial charge in [-0.3, -0.25) is 0 Å². The first kappa shape index (κ1) is 12.2. The molecule has 0 atom stereocenters. The zero-order valence-electron chi connectivity index (χ0n) is 8.92. The molecule has 1 N–H and O–H groups in total. The largest absolute Gasteiger partial charge is 0.372 e. The van der Waals surface area contributed by atoms with Gasteiger partial charge in [-0.05, 0) is 24.3 Å². The van der Waals surface area contributed by atoms with E-state index in [4.69, 9.17) is 16.3 Å². The van der Waals surface area contributed by atoms with E-state index in [0.29, 0.717) is 13.2 Å². The molecule has 0 aliphatic rings. The lowest BCUT2D eigenvalue weighted by Crippen LogP contribution is -2.13. The maximum Gasteiger partial charge on any atom is 0.0735 e. The molecule has 0 unspecified atom stereocenters. The summed E-state index contributed by atoms with van der Waals surface area (Å²) in [6, 6.07) is 7.69. The van der Waals surface area contributed by atoms with Crippen LogP contribution in [-0.4, -0.2) is 20.2 Å². The molecule has 0 heterocycles. The summed E-state index contributed by atoms with van der Waals surface area (Å²) in [4.78, 5) is 0. The van der Waals surface area contributed by atoms with E-state index in [1.807, 2.05) is 31.3 Å². The molecule has 0 spiro atoms. The van der Waals surface area contributed by atoms with Gasteiger partial charge in [-0.1, -0.05) is 36.4 Å². The van der Waals surface area contributed by atoms with Crippen LogP contribution < -0.4 is 5.32 Å². The second-order valence-electron chi connectivity index (χ2n) is 3.36. The molecule has 0 amide bonds. The summed E-state index contributed by atoms with van der Waals surface area (Å²) >= 11 is 5.99. The molecule has 1 aromatic carbocycles. The van der Waals surface area contributed by atoms with E-state index < -0.39 is 0 Å². The number of likely N-dealkylation sites (N-methyl/N-ethyl adjacent to an activating group) is 1. The Morgan fingerprint density at radius 2 is 2.20 bits per heavy atom.